The van der Waals surface area contributed by atoms with E-state index in [9.17, 15) is 9.59 Å². The van der Waals surface area contributed by atoms with Gasteiger partial charge in [-0.3, -0.25) is 24.4 Å². The molecule has 2 heterocycles. The fourth-order valence-electron chi connectivity index (χ4n) is 4.95. The van der Waals surface area contributed by atoms with Crippen molar-refractivity contribution in [2.24, 2.45) is 0 Å². The van der Waals surface area contributed by atoms with E-state index in [1.807, 2.05) is 36.4 Å². The fourth-order valence-corrected chi connectivity index (χ4v) is 4.95. The molecule has 2 aliphatic rings. The van der Waals surface area contributed by atoms with Gasteiger partial charge in [0, 0.05) is 61.8 Å². The number of pyridine rings is 1. The summed E-state index contributed by atoms with van der Waals surface area (Å²) in [6, 6.07) is 18.8. The molecule has 1 aliphatic heterocycles. The summed E-state index contributed by atoms with van der Waals surface area (Å²) in [5, 5.41) is 0. The van der Waals surface area contributed by atoms with E-state index < -0.39 is 5.54 Å². The van der Waals surface area contributed by atoms with Crippen LogP contribution in [0.25, 0.3) is 0 Å². The second-order valence-electron chi connectivity index (χ2n) is 8.27. The second kappa shape index (κ2) is 8.30. The van der Waals surface area contributed by atoms with Crippen molar-refractivity contribution in [2.45, 2.75) is 12.1 Å². The molecule has 0 radical (unpaired) electrons. The molecule has 1 aromatic heterocycles. The van der Waals surface area contributed by atoms with Gasteiger partial charge >= 0.3 is 0 Å². The second-order valence-corrected chi connectivity index (χ2v) is 8.27. The molecule has 1 aliphatic carbocycles. The third kappa shape index (κ3) is 3.23. The highest BCUT2D eigenvalue weighted by atomic mass is 16.5. The molecule has 6 heteroatoms. The van der Waals surface area contributed by atoms with Gasteiger partial charge in [0.1, 0.15) is 5.75 Å². The normalized spacial score (nSPS) is 18.5. The number of Topliss-reactive ketones (excluding diaryl/α,β-unsaturated/α-hetero) is 2. The third-order valence-electron chi connectivity index (χ3n) is 6.54. The van der Waals surface area contributed by atoms with E-state index in [1.165, 1.54) is 5.56 Å². The first-order valence-corrected chi connectivity index (χ1v) is 10.8. The Labute approximate surface area is 187 Å². The van der Waals surface area contributed by atoms with Crippen LogP contribution in [0.15, 0.2) is 73.1 Å². The van der Waals surface area contributed by atoms with Crippen LogP contribution < -0.4 is 4.74 Å². The van der Waals surface area contributed by atoms with Crippen molar-refractivity contribution in [1.82, 2.24) is 14.8 Å². The highest BCUT2D eigenvalue weighted by Gasteiger charge is 2.58. The van der Waals surface area contributed by atoms with Gasteiger partial charge in [0.25, 0.3) is 0 Å². The number of piperazine rings is 1. The summed E-state index contributed by atoms with van der Waals surface area (Å²) >= 11 is 0. The minimum atomic E-state index is -1.33. The zero-order valence-corrected chi connectivity index (χ0v) is 18.0. The quantitative estimate of drug-likeness (QED) is 0.583. The summed E-state index contributed by atoms with van der Waals surface area (Å²) < 4.78 is 5.34. The molecule has 5 rings (SSSR count). The SMILES string of the molecule is COc1cccc(CN2CCN(C3(c4cccnc4)C(=O)c4ccccc4C3=O)CC2)c1. The Hall–Kier alpha value is -3.35. The van der Waals surface area contributed by atoms with E-state index >= 15 is 0 Å². The Morgan fingerprint density at radius 2 is 1.62 bits per heavy atom. The molecule has 1 fully saturated rings. The van der Waals surface area contributed by atoms with E-state index in [0.717, 1.165) is 25.4 Å². The first-order valence-electron chi connectivity index (χ1n) is 10.8. The zero-order valence-electron chi connectivity index (χ0n) is 18.0. The molecule has 0 unspecified atom stereocenters. The highest BCUT2D eigenvalue weighted by molar-refractivity contribution is 6.32. The summed E-state index contributed by atoms with van der Waals surface area (Å²) in [5.74, 6) is 0.552. The fraction of sp³-hybridized carbons (Fsp3) is 0.269. The van der Waals surface area contributed by atoms with Gasteiger partial charge < -0.3 is 4.74 Å². The molecule has 2 aromatic carbocycles. The van der Waals surface area contributed by atoms with Crippen molar-refractivity contribution < 1.29 is 14.3 Å². The number of hydrogen-bond donors (Lipinski definition) is 0. The van der Waals surface area contributed by atoms with E-state index in [1.54, 1.807) is 37.7 Å². The summed E-state index contributed by atoms with van der Waals surface area (Å²) in [7, 11) is 1.67. The largest absolute Gasteiger partial charge is 0.497 e. The highest BCUT2D eigenvalue weighted by Crippen LogP contribution is 2.42. The van der Waals surface area contributed by atoms with Crippen molar-refractivity contribution in [3.63, 3.8) is 0 Å². The lowest BCUT2D eigenvalue weighted by Crippen LogP contribution is -2.60. The monoisotopic (exact) mass is 427 g/mol. The number of carbonyl (C=O) groups is 2. The lowest BCUT2D eigenvalue weighted by atomic mass is 9.83. The number of benzene rings is 2. The number of hydrogen-bond acceptors (Lipinski definition) is 6. The molecule has 0 N–H and O–H groups in total. The van der Waals surface area contributed by atoms with Crippen LogP contribution in [0.4, 0.5) is 0 Å². The van der Waals surface area contributed by atoms with Crippen LogP contribution in [0.5, 0.6) is 5.75 Å². The predicted octanol–water partition coefficient (Wildman–Crippen LogP) is 3.18. The smallest absolute Gasteiger partial charge is 0.196 e. The maximum atomic E-state index is 13.8. The van der Waals surface area contributed by atoms with Crippen molar-refractivity contribution >= 4 is 11.6 Å². The number of nitrogens with zero attached hydrogens (tertiary/aromatic N) is 3. The van der Waals surface area contributed by atoms with Crippen molar-refractivity contribution in [1.29, 1.82) is 0 Å². The number of ketones is 2. The summed E-state index contributed by atoms with van der Waals surface area (Å²) in [5.41, 5.74) is 1.49. The van der Waals surface area contributed by atoms with Crippen LogP contribution in [-0.2, 0) is 12.1 Å². The van der Waals surface area contributed by atoms with Crippen LogP contribution in [0.3, 0.4) is 0 Å². The Bertz CT molecular complexity index is 1120. The molecule has 0 bridgehead atoms. The van der Waals surface area contributed by atoms with Crippen molar-refractivity contribution in [2.75, 3.05) is 33.3 Å². The minimum absolute atomic E-state index is 0.146. The number of rotatable bonds is 5. The van der Waals surface area contributed by atoms with E-state index in [-0.39, 0.29) is 11.6 Å². The van der Waals surface area contributed by atoms with Gasteiger partial charge in [-0.05, 0) is 23.8 Å². The third-order valence-corrected chi connectivity index (χ3v) is 6.54. The molecule has 0 amide bonds. The number of ether oxygens (including phenoxy) is 1. The molecule has 32 heavy (non-hydrogen) atoms. The van der Waals surface area contributed by atoms with Crippen LogP contribution in [0.1, 0.15) is 31.8 Å². The standard InChI is InChI=1S/C26H25N3O3/c1-32-21-8-4-6-19(16-21)18-28-12-14-29(15-13-28)26(20-7-5-11-27-17-20)24(30)22-9-2-3-10-23(22)25(26)31/h2-11,16-17H,12-15,18H2,1H3. The van der Waals surface area contributed by atoms with E-state index in [4.69, 9.17) is 4.74 Å². The van der Waals surface area contributed by atoms with Crippen LogP contribution >= 0.6 is 0 Å². The lowest BCUT2D eigenvalue weighted by molar-refractivity contribution is 0.0278. The maximum absolute atomic E-state index is 13.8. The van der Waals surface area contributed by atoms with Gasteiger partial charge in [0.15, 0.2) is 17.1 Å². The first-order chi connectivity index (χ1) is 15.6. The van der Waals surface area contributed by atoms with Crippen LogP contribution in [0, 0.1) is 0 Å². The molecule has 0 spiro atoms. The summed E-state index contributed by atoms with van der Waals surface area (Å²) in [6.07, 6.45) is 3.32. The van der Waals surface area contributed by atoms with Gasteiger partial charge in [-0.15, -0.1) is 0 Å². The molecule has 6 nitrogen and oxygen atoms in total. The lowest BCUT2D eigenvalue weighted by Gasteiger charge is -2.43. The molecule has 0 atom stereocenters. The molecule has 162 valence electrons. The van der Waals surface area contributed by atoms with Crippen molar-refractivity contribution in [3.8, 4) is 5.75 Å². The van der Waals surface area contributed by atoms with Gasteiger partial charge in [0.05, 0.1) is 7.11 Å². The van der Waals surface area contributed by atoms with Gasteiger partial charge in [-0.25, -0.2) is 0 Å². The van der Waals surface area contributed by atoms with Crippen molar-refractivity contribution in [3.05, 3.63) is 95.3 Å². The predicted molar refractivity (Wildman–Crippen MR) is 121 cm³/mol. The first kappa shape index (κ1) is 20.5. The Balaban J connectivity index is 1.43. The minimum Gasteiger partial charge on any atom is -0.497 e. The van der Waals surface area contributed by atoms with Gasteiger partial charge in [-0.2, -0.15) is 0 Å². The Morgan fingerprint density at radius 3 is 2.25 bits per heavy atom. The van der Waals surface area contributed by atoms with E-state index in [2.05, 4.69) is 20.9 Å². The Morgan fingerprint density at radius 1 is 0.906 bits per heavy atom. The number of aromatic nitrogens is 1. The average Bonchev–Trinajstić information content (AvgIpc) is 3.08. The average molecular weight is 428 g/mol. The molecular formula is C26H25N3O3. The van der Waals surface area contributed by atoms with Crippen LogP contribution in [-0.4, -0.2) is 59.6 Å². The number of carbonyl (C=O) groups excluding carboxylic acids is 2. The molecular weight excluding hydrogens is 402 g/mol. The van der Waals surface area contributed by atoms with Gasteiger partial charge in [0.2, 0.25) is 0 Å². The van der Waals surface area contributed by atoms with E-state index in [0.29, 0.717) is 29.8 Å². The Kier molecular flexibility index (Phi) is 5.33. The van der Waals surface area contributed by atoms with Gasteiger partial charge in [-0.1, -0.05) is 42.5 Å². The molecule has 1 saturated heterocycles. The summed E-state index contributed by atoms with van der Waals surface area (Å²) in [6.45, 7) is 3.55. The molecule has 3 aromatic rings. The zero-order chi connectivity index (χ0) is 22.1. The summed E-state index contributed by atoms with van der Waals surface area (Å²) in [4.78, 5) is 36.1. The number of methoxy groups -OCH3 is 1. The topological polar surface area (TPSA) is 62.7 Å². The van der Waals surface area contributed by atoms with Crippen LogP contribution in [0.2, 0.25) is 0 Å². The molecule has 0 saturated carbocycles. The maximum Gasteiger partial charge on any atom is 0.196 e. The number of fused-ring (bicyclic) bond motifs is 1.